The maximum Gasteiger partial charge on any atom is 0.338 e. The van der Waals surface area contributed by atoms with Gasteiger partial charge in [-0.05, 0) is 54.8 Å². The fourth-order valence-corrected chi connectivity index (χ4v) is 4.94. The molecule has 0 atom stereocenters. The second kappa shape index (κ2) is 8.75. The van der Waals surface area contributed by atoms with Gasteiger partial charge in [0.25, 0.3) is 10.0 Å². The van der Waals surface area contributed by atoms with Gasteiger partial charge >= 0.3 is 5.97 Å². The molecule has 2 heterocycles. The summed E-state index contributed by atoms with van der Waals surface area (Å²) < 4.78 is 35.5. The lowest BCUT2D eigenvalue weighted by Crippen LogP contribution is -2.13. The van der Waals surface area contributed by atoms with Crippen LogP contribution in [0.5, 0.6) is 0 Å². The SMILES string of the molecule is CCOC(=O)c1ccc(NS(=O)(=O)c2cn(-c3ccccc3)nc2-c2cccs2)cc1. The number of hydrogen-bond acceptors (Lipinski definition) is 6. The van der Waals surface area contributed by atoms with Crippen molar-refractivity contribution in [1.29, 1.82) is 0 Å². The van der Waals surface area contributed by atoms with Crippen LogP contribution in [-0.4, -0.2) is 30.8 Å². The normalized spacial score (nSPS) is 11.3. The number of nitrogens with zero attached hydrogens (tertiary/aromatic N) is 2. The minimum atomic E-state index is -3.94. The number of sulfonamides is 1. The number of carbonyl (C=O) groups is 1. The Kier molecular flexibility index (Phi) is 5.88. The minimum Gasteiger partial charge on any atom is -0.462 e. The Hall–Kier alpha value is -3.43. The monoisotopic (exact) mass is 453 g/mol. The average molecular weight is 454 g/mol. The van der Waals surface area contributed by atoms with Gasteiger partial charge in [0.05, 0.1) is 28.9 Å². The van der Waals surface area contributed by atoms with E-state index in [2.05, 4.69) is 9.82 Å². The van der Waals surface area contributed by atoms with Crippen molar-refractivity contribution in [2.75, 3.05) is 11.3 Å². The van der Waals surface area contributed by atoms with Crippen LogP contribution in [0.1, 0.15) is 17.3 Å². The summed E-state index contributed by atoms with van der Waals surface area (Å²) in [5.41, 5.74) is 1.80. The Labute approximate surface area is 184 Å². The molecule has 0 spiro atoms. The maximum absolute atomic E-state index is 13.2. The molecular formula is C22H19N3O4S2. The highest BCUT2D eigenvalue weighted by Gasteiger charge is 2.25. The van der Waals surface area contributed by atoms with E-state index in [4.69, 9.17) is 4.74 Å². The number of para-hydroxylation sites is 1. The number of carbonyl (C=O) groups excluding carboxylic acids is 1. The third-order valence-electron chi connectivity index (χ3n) is 4.39. The zero-order valence-electron chi connectivity index (χ0n) is 16.6. The van der Waals surface area contributed by atoms with Crippen LogP contribution >= 0.6 is 11.3 Å². The number of nitrogens with one attached hydrogen (secondary N) is 1. The number of esters is 1. The molecule has 2 aromatic carbocycles. The molecule has 9 heteroatoms. The van der Waals surface area contributed by atoms with E-state index in [1.807, 2.05) is 47.8 Å². The lowest BCUT2D eigenvalue weighted by molar-refractivity contribution is 0.0526. The molecule has 0 aliphatic rings. The summed E-state index contributed by atoms with van der Waals surface area (Å²) in [5.74, 6) is -0.457. The molecule has 0 fully saturated rings. The van der Waals surface area contributed by atoms with E-state index in [9.17, 15) is 13.2 Å². The van der Waals surface area contributed by atoms with Crippen molar-refractivity contribution in [2.24, 2.45) is 0 Å². The molecule has 2 aromatic heterocycles. The molecule has 158 valence electrons. The number of aromatic nitrogens is 2. The molecule has 0 aliphatic carbocycles. The van der Waals surface area contributed by atoms with Crippen LogP contribution in [0.25, 0.3) is 16.3 Å². The number of ether oxygens (including phenoxy) is 1. The van der Waals surface area contributed by atoms with Gasteiger partial charge in [-0.15, -0.1) is 11.3 Å². The van der Waals surface area contributed by atoms with Gasteiger partial charge in [0, 0.05) is 5.69 Å². The van der Waals surface area contributed by atoms with Gasteiger partial charge in [0.15, 0.2) is 0 Å². The smallest absolute Gasteiger partial charge is 0.338 e. The summed E-state index contributed by atoms with van der Waals surface area (Å²) in [7, 11) is -3.94. The van der Waals surface area contributed by atoms with Gasteiger partial charge in [0.1, 0.15) is 10.6 Å². The zero-order chi connectivity index (χ0) is 21.8. The fourth-order valence-electron chi connectivity index (χ4n) is 2.95. The van der Waals surface area contributed by atoms with E-state index < -0.39 is 16.0 Å². The van der Waals surface area contributed by atoms with Crippen molar-refractivity contribution in [1.82, 2.24) is 9.78 Å². The van der Waals surface area contributed by atoms with Crippen LogP contribution in [0, 0.1) is 0 Å². The first-order chi connectivity index (χ1) is 15.0. The molecule has 0 radical (unpaired) electrons. The van der Waals surface area contributed by atoms with Gasteiger partial charge in [0.2, 0.25) is 0 Å². The first-order valence-electron chi connectivity index (χ1n) is 9.47. The highest BCUT2D eigenvalue weighted by Crippen LogP contribution is 2.31. The Bertz CT molecular complexity index is 1280. The van der Waals surface area contributed by atoms with Gasteiger partial charge in [-0.1, -0.05) is 24.3 Å². The third kappa shape index (κ3) is 4.52. The van der Waals surface area contributed by atoms with E-state index >= 15 is 0 Å². The standard InChI is InChI=1S/C22H19N3O4S2/c1-2-29-22(26)16-10-12-17(13-11-16)24-31(27,28)20-15-25(18-7-4-3-5-8-18)23-21(20)19-9-6-14-30-19/h3-15,24H,2H2,1H3. The Morgan fingerprint density at radius 3 is 2.45 bits per heavy atom. The van der Waals surface area contributed by atoms with Crippen LogP contribution < -0.4 is 4.72 Å². The third-order valence-corrected chi connectivity index (χ3v) is 6.65. The van der Waals surface area contributed by atoms with Crippen molar-refractivity contribution >= 4 is 33.0 Å². The highest BCUT2D eigenvalue weighted by atomic mass is 32.2. The predicted octanol–water partition coefficient (Wildman–Crippen LogP) is 4.58. The molecule has 4 aromatic rings. The van der Waals surface area contributed by atoms with E-state index in [-0.39, 0.29) is 11.5 Å². The lowest BCUT2D eigenvalue weighted by Gasteiger charge is -2.08. The number of anilines is 1. The summed E-state index contributed by atoms with van der Waals surface area (Å²) in [4.78, 5) is 12.6. The van der Waals surface area contributed by atoms with Crippen LogP contribution in [-0.2, 0) is 14.8 Å². The average Bonchev–Trinajstić information content (AvgIpc) is 3.45. The summed E-state index contributed by atoms with van der Waals surface area (Å²) in [6.07, 6.45) is 1.50. The fraction of sp³-hybridized carbons (Fsp3) is 0.0909. The van der Waals surface area contributed by atoms with Crippen molar-refractivity contribution in [3.05, 3.63) is 83.9 Å². The number of thiophene rings is 1. The molecule has 0 amide bonds. The first-order valence-corrected chi connectivity index (χ1v) is 11.8. The first kappa shape index (κ1) is 20.8. The molecule has 0 unspecified atom stereocenters. The van der Waals surface area contributed by atoms with Crippen molar-refractivity contribution in [3.8, 4) is 16.3 Å². The highest BCUT2D eigenvalue weighted by molar-refractivity contribution is 7.92. The summed E-state index contributed by atoms with van der Waals surface area (Å²) >= 11 is 1.41. The molecule has 4 rings (SSSR count). The second-order valence-corrected chi connectivity index (χ2v) is 9.10. The van der Waals surface area contributed by atoms with E-state index in [1.165, 1.54) is 41.8 Å². The van der Waals surface area contributed by atoms with Gasteiger partial charge < -0.3 is 4.74 Å². The molecule has 7 nitrogen and oxygen atoms in total. The Balaban J connectivity index is 1.69. The molecule has 0 bridgehead atoms. The quantitative estimate of drug-likeness (QED) is 0.414. The van der Waals surface area contributed by atoms with Crippen LogP contribution in [0.2, 0.25) is 0 Å². The summed E-state index contributed by atoms with van der Waals surface area (Å²) in [5, 5.41) is 6.41. The second-order valence-electron chi connectivity index (χ2n) is 6.50. The minimum absolute atomic E-state index is 0.0632. The van der Waals surface area contributed by atoms with E-state index in [0.717, 1.165) is 10.6 Å². The summed E-state index contributed by atoms with van der Waals surface area (Å²) in [6.45, 7) is 1.99. The molecule has 0 saturated carbocycles. The topological polar surface area (TPSA) is 90.3 Å². The van der Waals surface area contributed by atoms with Crippen LogP contribution in [0.15, 0.2) is 83.2 Å². The van der Waals surface area contributed by atoms with E-state index in [1.54, 1.807) is 11.6 Å². The van der Waals surface area contributed by atoms with Crippen molar-refractivity contribution in [3.63, 3.8) is 0 Å². The Morgan fingerprint density at radius 2 is 1.81 bits per heavy atom. The number of hydrogen-bond donors (Lipinski definition) is 1. The molecule has 1 N–H and O–H groups in total. The largest absolute Gasteiger partial charge is 0.462 e. The lowest BCUT2D eigenvalue weighted by atomic mass is 10.2. The van der Waals surface area contributed by atoms with Gasteiger partial charge in [-0.25, -0.2) is 17.9 Å². The number of benzene rings is 2. The van der Waals surface area contributed by atoms with Gasteiger partial charge in [-0.3, -0.25) is 4.72 Å². The Morgan fingerprint density at radius 1 is 1.06 bits per heavy atom. The molecule has 31 heavy (non-hydrogen) atoms. The molecule has 0 aliphatic heterocycles. The zero-order valence-corrected chi connectivity index (χ0v) is 18.2. The predicted molar refractivity (Wildman–Crippen MR) is 120 cm³/mol. The summed E-state index contributed by atoms with van der Waals surface area (Å²) in [6, 6.07) is 19.1. The molecular weight excluding hydrogens is 434 g/mol. The van der Waals surface area contributed by atoms with Crippen molar-refractivity contribution in [2.45, 2.75) is 11.8 Å². The van der Waals surface area contributed by atoms with Crippen LogP contribution in [0.3, 0.4) is 0 Å². The van der Waals surface area contributed by atoms with Crippen LogP contribution in [0.4, 0.5) is 5.69 Å². The van der Waals surface area contributed by atoms with Gasteiger partial charge in [-0.2, -0.15) is 5.10 Å². The van der Waals surface area contributed by atoms with E-state index in [0.29, 0.717) is 16.9 Å². The number of rotatable bonds is 7. The maximum atomic E-state index is 13.2. The molecule has 0 saturated heterocycles. The van der Waals surface area contributed by atoms with Crippen molar-refractivity contribution < 1.29 is 17.9 Å².